The first kappa shape index (κ1) is 12.9. The molecular weight excluding hydrogens is 246 g/mol. The number of rotatable bonds is 5. The Morgan fingerprint density at radius 2 is 2.00 bits per heavy atom. The zero-order valence-corrected chi connectivity index (χ0v) is 11.3. The Morgan fingerprint density at radius 1 is 1.33 bits per heavy atom. The second-order valence-electron chi connectivity index (χ2n) is 2.74. The molecule has 0 aliphatic carbocycles. The van der Waals surface area contributed by atoms with Crippen molar-refractivity contribution in [2.45, 2.75) is 13.8 Å². The average molecular weight is 260 g/mol. The summed E-state index contributed by atoms with van der Waals surface area (Å²) in [5.41, 5.74) is 1.11. The molecular formula is C11H14ClNS2. The molecule has 82 valence electrons. The van der Waals surface area contributed by atoms with Gasteiger partial charge in [0.2, 0.25) is 0 Å². The molecule has 1 rings (SSSR count). The van der Waals surface area contributed by atoms with Crippen molar-refractivity contribution in [1.82, 2.24) is 4.98 Å². The molecule has 0 aliphatic rings. The molecule has 0 N–H and O–H groups in total. The van der Waals surface area contributed by atoms with Crippen LogP contribution in [0, 0.1) is 0 Å². The molecule has 4 heteroatoms. The largest absolute Gasteiger partial charge is 0.244 e. The number of aromatic nitrogens is 1. The Balaban J connectivity index is 2.76. The average Bonchev–Trinajstić information content (AvgIpc) is 2.22. The second-order valence-corrected chi connectivity index (χ2v) is 6.00. The van der Waals surface area contributed by atoms with Crippen molar-refractivity contribution >= 4 is 41.2 Å². The monoisotopic (exact) mass is 259 g/mol. The van der Waals surface area contributed by atoms with Crippen LogP contribution in [0.1, 0.15) is 19.4 Å². The van der Waals surface area contributed by atoms with Gasteiger partial charge in [0.1, 0.15) is 5.15 Å². The molecule has 1 aromatic rings. The number of hydrogen-bond acceptors (Lipinski definition) is 3. The Morgan fingerprint density at radius 3 is 2.47 bits per heavy atom. The summed E-state index contributed by atoms with van der Waals surface area (Å²) in [5, 5.41) is 0.542. The lowest BCUT2D eigenvalue weighted by Crippen LogP contribution is -1.79. The van der Waals surface area contributed by atoms with Crippen molar-refractivity contribution in [2.24, 2.45) is 0 Å². The molecule has 0 saturated carbocycles. The lowest BCUT2D eigenvalue weighted by atomic mass is 10.3. The normalized spacial score (nSPS) is 10.1. The third-order valence-electron chi connectivity index (χ3n) is 1.61. The van der Waals surface area contributed by atoms with Crippen LogP contribution in [-0.2, 0) is 0 Å². The summed E-state index contributed by atoms with van der Waals surface area (Å²) in [7, 11) is 0. The van der Waals surface area contributed by atoms with Crippen molar-refractivity contribution in [3.8, 4) is 0 Å². The summed E-state index contributed by atoms with van der Waals surface area (Å²) in [4.78, 5) is 4.05. The molecule has 0 unspecified atom stereocenters. The number of hydrogen-bond donors (Lipinski definition) is 0. The van der Waals surface area contributed by atoms with Gasteiger partial charge < -0.3 is 0 Å². The van der Waals surface area contributed by atoms with Crippen molar-refractivity contribution in [3.63, 3.8) is 0 Å². The highest BCUT2D eigenvalue weighted by molar-refractivity contribution is 8.22. The fourth-order valence-electron chi connectivity index (χ4n) is 1.02. The highest BCUT2D eigenvalue weighted by Crippen LogP contribution is 2.30. The Bertz CT molecular complexity index is 314. The lowest BCUT2D eigenvalue weighted by molar-refractivity contribution is 1.32. The van der Waals surface area contributed by atoms with Gasteiger partial charge >= 0.3 is 0 Å². The van der Waals surface area contributed by atoms with E-state index in [1.165, 1.54) is 4.24 Å². The van der Waals surface area contributed by atoms with Crippen LogP contribution in [0.2, 0.25) is 5.15 Å². The smallest absolute Gasteiger partial charge is 0.129 e. The van der Waals surface area contributed by atoms with E-state index in [4.69, 9.17) is 11.6 Å². The summed E-state index contributed by atoms with van der Waals surface area (Å²) < 4.78 is 1.34. The van der Waals surface area contributed by atoms with E-state index < -0.39 is 0 Å². The van der Waals surface area contributed by atoms with E-state index in [9.17, 15) is 0 Å². The van der Waals surface area contributed by atoms with Gasteiger partial charge in [-0.05, 0) is 29.2 Å². The third kappa shape index (κ3) is 4.96. The minimum absolute atomic E-state index is 0.542. The maximum absolute atomic E-state index is 5.73. The number of halogens is 1. The van der Waals surface area contributed by atoms with E-state index in [1.54, 1.807) is 6.20 Å². The third-order valence-corrected chi connectivity index (χ3v) is 3.92. The van der Waals surface area contributed by atoms with Gasteiger partial charge in [-0.3, -0.25) is 0 Å². The maximum atomic E-state index is 5.73. The molecule has 0 aliphatic heterocycles. The van der Waals surface area contributed by atoms with Crippen molar-refractivity contribution < 1.29 is 0 Å². The molecule has 0 spiro atoms. The van der Waals surface area contributed by atoms with Crippen molar-refractivity contribution in [1.29, 1.82) is 0 Å². The van der Waals surface area contributed by atoms with Gasteiger partial charge in [-0.1, -0.05) is 31.5 Å². The van der Waals surface area contributed by atoms with Crippen LogP contribution < -0.4 is 0 Å². The molecule has 0 fully saturated rings. The number of pyridine rings is 1. The van der Waals surface area contributed by atoms with Crippen LogP contribution >= 0.6 is 35.1 Å². The zero-order chi connectivity index (χ0) is 11.1. The molecule has 1 nitrogen and oxygen atoms in total. The summed E-state index contributed by atoms with van der Waals surface area (Å²) in [6.45, 7) is 4.32. The van der Waals surface area contributed by atoms with Gasteiger partial charge in [0, 0.05) is 10.4 Å². The predicted molar refractivity (Wildman–Crippen MR) is 73.5 cm³/mol. The van der Waals surface area contributed by atoms with E-state index in [0.717, 1.165) is 17.1 Å². The predicted octanol–water partition coefficient (Wildman–Crippen LogP) is 4.54. The van der Waals surface area contributed by atoms with Gasteiger partial charge in [-0.2, -0.15) is 0 Å². The maximum Gasteiger partial charge on any atom is 0.129 e. The van der Waals surface area contributed by atoms with E-state index in [-0.39, 0.29) is 0 Å². The first-order valence-corrected chi connectivity index (χ1v) is 7.20. The topological polar surface area (TPSA) is 12.9 Å². The molecule has 0 aromatic carbocycles. The number of thioether (sulfide) groups is 2. The summed E-state index contributed by atoms with van der Waals surface area (Å²) in [6, 6.07) is 3.81. The van der Waals surface area contributed by atoms with Crippen molar-refractivity contribution in [2.75, 3.05) is 11.5 Å². The molecule has 1 heterocycles. The van der Waals surface area contributed by atoms with Crippen LogP contribution in [0.25, 0.3) is 6.08 Å². The fraction of sp³-hybridized carbons (Fsp3) is 0.364. The second kappa shape index (κ2) is 7.20. The molecule has 0 bridgehead atoms. The lowest BCUT2D eigenvalue weighted by Gasteiger charge is -2.03. The van der Waals surface area contributed by atoms with E-state index >= 15 is 0 Å². The van der Waals surface area contributed by atoms with Gasteiger partial charge in [0.15, 0.2) is 0 Å². The molecule has 0 atom stereocenters. The Hall–Kier alpha value is -0.120. The van der Waals surface area contributed by atoms with Crippen LogP contribution in [0.5, 0.6) is 0 Å². The molecule has 15 heavy (non-hydrogen) atoms. The summed E-state index contributed by atoms with van der Waals surface area (Å²) >= 11 is 9.45. The van der Waals surface area contributed by atoms with Crippen LogP contribution in [0.3, 0.4) is 0 Å². The first-order valence-electron chi connectivity index (χ1n) is 4.85. The molecule has 0 radical (unpaired) electrons. The SMILES string of the molecule is CCSC(=Cc1ccc(Cl)nc1)SCC. The van der Waals surface area contributed by atoms with Gasteiger partial charge in [-0.25, -0.2) is 4.98 Å². The molecule has 1 aromatic heterocycles. The minimum Gasteiger partial charge on any atom is -0.244 e. The van der Waals surface area contributed by atoms with Gasteiger partial charge in [0.25, 0.3) is 0 Å². The minimum atomic E-state index is 0.542. The Labute approximate surface area is 105 Å². The van der Waals surface area contributed by atoms with Gasteiger partial charge in [-0.15, -0.1) is 23.5 Å². The highest BCUT2D eigenvalue weighted by atomic mass is 35.5. The molecule has 0 amide bonds. The van der Waals surface area contributed by atoms with Gasteiger partial charge in [0.05, 0.1) is 0 Å². The van der Waals surface area contributed by atoms with Crippen molar-refractivity contribution in [3.05, 3.63) is 33.3 Å². The molecule has 0 saturated heterocycles. The van der Waals surface area contributed by atoms with E-state index in [0.29, 0.717) is 5.15 Å². The first-order chi connectivity index (χ1) is 7.26. The van der Waals surface area contributed by atoms with Crippen LogP contribution in [0.4, 0.5) is 0 Å². The van der Waals surface area contributed by atoms with E-state index in [2.05, 4.69) is 24.9 Å². The van der Waals surface area contributed by atoms with Crippen LogP contribution in [-0.4, -0.2) is 16.5 Å². The quantitative estimate of drug-likeness (QED) is 0.721. The standard InChI is InChI=1S/C11H14ClNS2/c1-3-14-11(15-4-2)7-9-5-6-10(12)13-8-9/h5-8H,3-4H2,1-2H3. The summed E-state index contributed by atoms with van der Waals surface area (Å²) in [5.74, 6) is 2.19. The Kier molecular flexibility index (Phi) is 6.22. The summed E-state index contributed by atoms with van der Waals surface area (Å²) in [6.07, 6.45) is 3.96. The van der Waals surface area contributed by atoms with Crippen LogP contribution in [0.15, 0.2) is 22.6 Å². The highest BCUT2D eigenvalue weighted by Gasteiger charge is 1.97. The van der Waals surface area contributed by atoms with E-state index in [1.807, 2.05) is 35.7 Å². The number of nitrogens with zero attached hydrogens (tertiary/aromatic N) is 1. The fourth-order valence-corrected chi connectivity index (χ4v) is 3.18. The zero-order valence-electron chi connectivity index (χ0n) is 8.87.